The number of amides is 1. The minimum Gasteiger partial charge on any atom is -0.472 e. The Hall–Kier alpha value is -2.77. The molecule has 5 unspecified atom stereocenters. The summed E-state index contributed by atoms with van der Waals surface area (Å²) >= 11 is 0. The van der Waals surface area contributed by atoms with Crippen LogP contribution in [0.2, 0.25) is 0 Å². The molecule has 1 saturated heterocycles. The van der Waals surface area contributed by atoms with Crippen LogP contribution in [0.25, 0.3) is 0 Å². The summed E-state index contributed by atoms with van der Waals surface area (Å²) in [6, 6.07) is 2.10. The minimum atomic E-state index is -4.43. The number of carbonyl (C=O) groups excluding carboxylic acids is 1. The van der Waals surface area contributed by atoms with E-state index < -0.39 is 11.7 Å². The van der Waals surface area contributed by atoms with Gasteiger partial charge in [-0.05, 0) is 42.7 Å². The molecule has 2 fully saturated rings. The van der Waals surface area contributed by atoms with Crippen molar-refractivity contribution in [3.05, 3.63) is 60.0 Å². The number of pyridine rings is 1. The van der Waals surface area contributed by atoms with Crippen molar-refractivity contribution in [2.45, 2.75) is 37.2 Å². The van der Waals surface area contributed by atoms with E-state index in [1.807, 2.05) is 35.4 Å². The third-order valence-electron chi connectivity index (χ3n) is 6.21. The number of nitrogens with one attached hydrogen (secondary N) is 1. The van der Waals surface area contributed by atoms with Gasteiger partial charge < -0.3 is 15.0 Å². The number of aromatic nitrogens is 1. The number of halogens is 3. The Balaban J connectivity index is 1.28. The molecule has 4 aliphatic rings. The zero-order valence-electron chi connectivity index (χ0n) is 15.5. The van der Waals surface area contributed by atoms with E-state index in [9.17, 15) is 18.0 Å². The summed E-state index contributed by atoms with van der Waals surface area (Å²) in [5, 5.41) is 3.24. The van der Waals surface area contributed by atoms with Crippen LogP contribution in [0.3, 0.4) is 0 Å². The Kier molecular flexibility index (Phi) is 4.18. The molecule has 0 radical (unpaired) electrons. The molecule has 1 amide bonds. The van der Waals surface area contributed by atoms with Gasteiger partial charge in [-0.1, -0.05) is 18.2 Å². The lowest BCUT2D eigenvalue weighted by Crippen LogP contribution is -2.51. The molecule has 29 heavy (non-hydrogen) atoms. The smallest absolute Gasteiger partial charge is 0.417 e. The molecule has 2 bridgehead atoms. The normalized spacial score (nSPS) is 32.2. The maximum atomic E-state index is 13.3. The van der Waals surface area contributed by atoms with Gasteiger partial charge in [-0.25, -0.2) is 4.98 Å². The zero-order chi connectivity index (χ0) is 20.2. The number of hydrogen-bond donors (Lipinski definition) is 1. The second kappa shape index (κ2) is 6.64. The van der Waals surface area contributed by atoms with Gasteiger partial charge in [-0.15, -0.1) is 0 Å². The molecule has 3 heterocycles. The molecule has 5 nitrogen and oxygen atoms in total. The quantitative estimate of drug-likeness (QED) is 0.843. The number of allylic oxidation sites excluding steroid dienone is 2. The molecule has 152 valence electrons. The number of ether oxygens (including phenoxy) is 1. The third kappa shape index (κ3) is 3.20. The summed E-state index contributed by atoms with van der Waals surface area (Å²) in [4.78, 5) is 19.0. The van der Waals surface area contributed by atoms with Gasteiger partial charge in [0.25, 0.3) is 0 Å². The van der Waals surface area contributed by atoms with Gasteiger partial charge in [0.05, 0.1) is 23.6 Å². The number of hydrogen-bond acceptors (Lipinski definition) is 4. The van der Waals surface area contributed by atoms with E-state index >= 15 is 0 Å². The SMILES string of the molecule is O=C(C1C=CC=C2C=CNC21)N1CC2CC(Oc3ccc(C(F)(F)F)cn3)C1C2. The Morgan fingerprint density at radius 1 is 1.28 bits per heavy atom. The number of nitrogens with zero attached hydrogens (tertiary/aromatic N) is 2. The highest BCUT2D eigenvalue weighted by Crippen LogP contribution is 2.41. The lowest BCUT2D eigenvalue weighted by molar-refractivity contribution is -0.139. The Morgan fingerprint density at radius 3 is 2.86 bits per heavy atom. The largest absolute Gasteiger partial charge is 0.472 e. The number of likely N-dealkylation sites (tertiary alicyclic amines) is 1. The molecule has 5 rings (SSSR count). The van der Waals surface area contributed by atoms with Gasteiger partial charge in [0.2, 0.25) is 11.8 Å². The molecule has 5 atom stereocenters. The van der Waals surface area contributed by atoms with Crippen molar-refractivity contribution in [2.75, 3.05) is 6.54 Å². The fraction of sp³-hybridized carbons (Fsp3) is 0.429. The molecule has 1 aromatic heterocycles. The third-order valence-corrected chi connectivity index (χ3v) is 6.21. The maximum Gasteiger partial charge on any atom is 0.417 e. The minimum absolute atomic E-state index is 0.0393. The Bertz CT molecular complexity index is 907. The van der Waals surface area contributed by atoms with Crippen LogP contribution in [0.15, 0.2) is 54.4 Å². The zero-order valence-corrected chi connectivity index (χ0v) is 15.5. The second-order valence-corrected chi connectivity index (χ2v) is 7.99. The summed E-state index contributed by atoms with van der Waals surface area (Å²) in [5.74, 6) is 0.302. The van der Waals surface area contributed by atoms with Crippen LogP contribution in [0, 0.1) is 11.8 Å². The van der Waals surface area contributed by atoms with Gasteiger partial charge in [0.15, 0.2) is 0 Å². The van der Waals surface area contributed by atoms with Crippen molar-refractivity contribution in [3.8, 4) is 5.88 Å². The predicted molar refractivity (Wildman–Crippen MR) is 98.7 cm³/mol. The van der Waals surface area contributed by atoms with E-state index in [2.05, 4.69) is 10.3 Å². The molecule has 1 saturated carbocycles. The molecule has 1 N–H and O–H groups in total. The molecule has 8 heteroatoms. The summed E-state index contributed by atoms with van der Waals surface area (Å²) in [6.45, 7) is 0.702. The lowest BCUT2D eigenvalue weighted by atomic mass is 9.88. The van der Waals surface area contributed by atoms with E-state index in [0.29, 0.717) is 12.5 Å². The highest BCUT2D eigenvalue weighted by molar-refractivity contribution is 5.83. The van der Waals surface area contributed by atoms with E-state index in [-0.39, 0.29) is 35.9 Å². The van der Waals surface area contributed by atoms with Gasteiger partial charge in [0, 0.05) is 18.8 Å². The van der Waals surface area contributed by atoms with Gasteiger partial charge >= 0.3 is 6.18 Å². The molecule has 1 aromatic rings. The maximum absolute atomic E-state index is 13.3. The van der Waals surface area contributed by atoms with Crippen LogP contribution < -0.4 is 10.1 Å². The topological polar surface area (TPSA) is 54.5 Å². The first-order valence-electron chi connectivity index (χ1n) is 9.71. The average Bonchev–Trinajstić information content (AvgIpc) is 3.42. The Labute approximate surface area is 165 Å². The second-order valence-electron chi connectivity index (χ2n) is 7.99. The van der Waals surface area contributed by atoms with Crippen molar-refractivity contribution in [2.24, 2.45) is 11.8 Å². The van der Waals surface area contributed by atoms with Crippen molar-refractivity contribution >= 4 is 5.91 Å². The Morgan fingerprint density at radius 2 is 2.14 bits per heavy atom. The summed E-state index contributed by atoms with van der Waals surface area (Å²) in [7, 11) is 0. The van der Waals surface area contributed by atoms with Gasteiger partial charge in [0.1, 0.15) is 6.10 Å². The molecule has 2 aliphatic carbocycles. The first-order valence-corrected chi connectivity index (χ1v) is 9.71. The monoisotopic (exact) mass is 403 g/mol. The van der Waals surface area contributed by atoms with Crippen molar-refractivity contribution in [1.29, 1.82) is 0 Å². The van der Waals surface area contributed by atoms with Crippen LogP contribution in [-0.4, -0.2) is 40.5 Å². The lowest BCUT2D eigenvalue weighted by Gasteiger charge is -2.36. The standard InChI is InChI=1S/C21H20F3N3O2/c22-21(23,24)14-4-5-18(26-10-14)29-17-9-12-8-16(17)27(11-12)20(28)15-3-1-2-13-6-7-25-19(13)15/h1-7,10,12,15-17,19,25H,8-9,11H2. The van der Waals surface area contributed by atoms with E-state index in [0.717, 1.165) is 30.7 Å². The van der Waals surface area contributed by atoms with Crippen LogP contribution in [-0.2, 0) is 11.0 Å². The summed E-state index contributed by atoms with van der Waals surface area (Å²) in [5.41, 5.74) is 0.289. The molecule has 0 spiro atoms. The fourth-order valence-corrected chi connectivity index (χ4v) is 4.85. The van der Waals surface area contributed by atoms with E-state index in [1.54, 1.807) is 0 Å². The number of alkyl halides is 3. The number of fused-ring (bicyclic) bond motifs is 3. The summed E-state index contributed by atoms with van der Waals surface area (Å²) in [6.07, 6.45) is 7.43. The first-order chi connectivity index (χ1) is 13.9. The first kappa shape index (κ1) is 18.3. The average molecular weight is 403 g/mol. The van der Waals surface area contributed by atoms with Crippen LogP contribution >= 0.6 is 0 Å². The van der Waals surface area contributed by atoms with E-state index in [1.165, 1.54) is 6.07 Å². The highest BCUT2D eigenvalue weighted by Gasteiger charge is 2.50. The van der Waals surface area contributed by atoms with Gasteiger partial charge in [-0.3, -0.25) is 4.79 Å². The number of carbonyl (C=O) groups is 1. The van der Waals surface area contributed by atoms with Crippen molar-refractivity contribution in [3.63, 3.8) is 0 Å². The van der Waals surface area contributed by atoms with E-state index in [4.69, 9.17) is 4.74 Å². The van der Waals surface area contributed by atoms with Crippen molar-refractivity contribution < 1.29 is 22.7 Å². The van der Waals surface area contributed by atoms with Crippen LogP contribution in [0.1, 0.15) is 18.4 Å². The van der Waals surface area contributed by atoms with Crippen LogP contribution in [0.5, 0.6) is 5.88 Å². The number of rotatable bonds is 3. The predicted octanol–water partition coefficient (Wildman–Crippen LogP) is 3.07. The molecule has 2 aliphatic heterocycles. The molecule has 0 aromatic carbocycles. The van der Waals surface area contributed by atoms with Crippen molar-refractivity contribution in [1.82, 2.24) is 15.2 Å². The molecular weight excluding hydrogens is 383 g/mol. The van der Waals surface area contributed by atoms with Gasteiger partial charge in [-0.2, -0.15) is 13.2 Å². The summed E-state index contributed by atoms with van der Waals surface area (Å²) < 4.78 is 44.0. The fourth-order valence-electron chi connectivity index (χ4n) is 4.85. The highest BCUT2D eigenvalue weighted by atomic mass is 19.4. The van der Waals surface area contributed by atoms with Crippen LogP contribution in [0.4, 0.5) is 13.2 Å². The molecular formula is C21H20F3N3O2. The number of piperidine rings is 1.